The maximum Gasteiger partial charge on any atom is 0.276 e. The number of nitrogens with one attached hydrogen (secondary N) is 2. The zero-order valence-electron chi connectivity index (χ0n) is 12.2. The van der Waals surface area contributed by atoms with Gasteiger partial charge in [-0.25, -0.2) is 4.39 Å². The van der Waals surface area contributed by atoms with E-state index in [0.29, 0.717) is 16.5 Å². The van der Waals surface area contributed by atoms with Gasteiger partial charge >= 0.3 is 0 Å². The standard InChI is InChI=1S/C16H16ClFN2O2/c1-10-7-12(17)8-11(2)16(10)22-9-15(21)20-19-14-5-3-13(18)4-6-14/h3-8,19H,9H2,1-2H3,(H,20,21). The Balaban J connectivity index is 1.87. The van der Waals surface area contributed by atoms with Crippen molar-refractivity contribution in [2.75, 3.05) is 12.0 Å². The molecule has 0 saturated carbocycles. The van der Waals surface area contributed by atoms with Crippen LogP contribution in [0.2, 0.25) is 5.02 Å². The molecule has 0 aliphatic rings. The number of carbonyl (C=O) groups excluding carboxylic acids is 1. The lowest BCUT2D eigenvalue weighted by Gasteiger charge is -2.13. The van der Waals surface area contributed by atoms with Gasteiger partial charge in [0.25, 0.3) is 5.91 Å². The first-order chi connectivity index (χ1) is 10.5. The van der Waals surface area contributed by atoms with Crippen molar-refractivity contribution in [1.29, 1.82) is 0 Å². The van der Waals surface area contributed by atoms with Crippen molar-refractivity contribution in [2.45, 2.75) is 13.8 Å². The number of hydrogen-bond acceptors (Lipinski definition) is 3. The predicted octanol–water partition coefficient (Wildman–Crippen LogP) is 3.62. The number of rotatable bonds is 5. The largest absolute Gasteiger partial charge is 0.483 e. The summed E-state index contributed by atoms with van der Waals surface area (Å²) in [6.45, 7) is 3.59. The zero-order valence-corrected chi connectivity index (χ0v) is 13.0. The zero-order chi connectivity index (χ0) is 16.1. The number of hydrazine groups is 1. The highest BCUT2D eigenvalue weighted by atomic mass is 35.5. The molecule has 116 valence electrons. The molecule has 2 aromatic rings. The second kappa shape index (κ2) is 7.13. The van der Waals surface area contributed by atoms with Gasteiger partial charge in [0.05, 0.1) is 5.69 Å². The Morgan fingerprint density at radius 1 is 1.18 bits per heavy atom. The maximum atomic E-state index is 12.8. The van der Waals surface area contributed by atoms with Gasteiger partial charge in [-0.05, 0) is 61.4 Å². The minimum atomic E-state index is -0.349. The van der Waals surface area contributed by atoms with E-state index in [9.17, 15) is 9.18 Å². The summed E-state index contributed by atoms with van der Waals surface area (Å²) in [6.07, 6.45) is 0. The van der Waals surface area contributed by atoms with Crippen LogP contribution < -0.4 is 15.6 Å². The van der Waals surface area contributed by atoms with Gasteiger partial charge in [0.15, 0.2) is 6.61 Å². The number of hydrogen-bond donors (Lipinski definition) is 2. The van der Waals surface area contributed by atoms with E-state index >= 15 is 0 Å². The first kappa shape index (κ1) is 16.1. The summed E-state index contributed by atoms with van der Waals surface area (Å²) in [4.78, 5) is 11.7. The van der Waals surface area contributed by atoms with Crippen LogP contribution >= 0.6 is 11.6 Å². The third kappa shape index (κ3) is 4.36. The van der Waals surface area contributed by atoms with Gasteiger partial charge in [-0.3, -0.25) is 15.6 Å². The van der Waals surface area contributed by atoms with Gasteiger partial charge in [-0.1, -0.05) is 11.6 Å². The number of anilines is 1. The molecule has 2 N–H and O–H groups in total. The molecule has 0 bridgehead atoms. The van der Waals surface area contributed by atoms with E-state index in [1.54, 1.807) is 12.1 Å². The molecule has 4 nitrogen and oxygen atoms in total. The van der Waals surface area contributed by atoms with Crippen LogP contribution in [0, 0.1) is 19.7 Å². The van der Waals surface area contributed by atoms with E-state index in [2.05, 4.69) is 10.9 Å². The number of ether oxygens (including phenoxy) is 1. The van der Waals surface area contributed by atoms with Crippen LogP contribution in [0.25, 0.3) is 0 Å². The summed E-state index contributed by atoms with van der Waals surface area (Å²) in [5.41, 5.74) is 7.46. The molecule has 0 radical (unpaired) electrons. The maximum absolute atomic E-state index is 12.8. The fourth-order valence-electron chi connectivity index (χ4n) is 1.97. The molecule has 22 heavy (non-hydrogen) atoms. The molecule has 0 atom stereocenters. The average Bonchev–Trinajstić information content (AvgIpc) is 2.45. The van der Waals surface area contributed by atoms with E-state index < -0.39 is 0 Å². The molecule has 2 rings (SSSR count). The molecule has 0 fully saturated rings. The number of carbonyl (C=O) groups is 1. The number of amides is 1. The van der Waals surface area contributed by atoms with E-state index in [-0.39, 0.29) is 18.3 Å². The summed E-state index contributed by atoms with van der Waals surface area (Å²) in [6, 6.07) is 9.18. The average molecular weight is 323 g/mol. The Labute approximate surface area is 133 Å². The SMILES string of the molecule is Cc1cc(Cl)cc(C)c1OCC(=O)NNc1ccc(F)cc1. The fourth-order valence-corrected chi connectivity index (χ4v) is 2.30. The Kier molecular flexibility index (Phi) is 5.22. The van der Waals surface area contributed by atoms with Crippen molar-refractivity contribution in [1.82, 2.24) is 5.43 Å². The van der Waals surface area contributed by atoms with Gasteiger partial charge in [0, 0.05) is 5.02 Å². The quantitative estimate of drug-likeness (QED) is 0.827. The van der Waals surface area contributed by atoms with Crippen molar-refractivity contribution in [3.05, 3.63) is 58.4 Å². The molecular formula is C16H16ClFN2O2. The predicted molar refractivity (Wildman–Crippen MR) is 84.6 cm³/mol. The molecule has 2 aromatic carbocycles. The van der Waals surface area contributed by atoms with Gasteiger partial charge in [-0.2, -0.15) is 0 Å². The third-order valence-corrected chi connectivity index (χ3v) is 3.18. The summed E-state index contributed by atoms with van der Waals surface area (Å²) in [5, 5.41) is 0.629. The van der Waals surface area contributed by atoms with Crippen LogP contribution in [0.5, 0.6) is 5.75 Å². The molecule has 0 unspecified atom stereocenters. The highest BCUT2D eigenvalue weighted by molar-refractivity contribution is 6.30. The third-order valence-electron chi connectivity index (χ3n) is 2.96. The summed E-state index contributed by atoms with van der Waals surface area (Å²) in [7, 11) is 0. The van der Waals surface area contributed by atoms with Gasteiger partial charge in [0.2, 0.25) is 0 Å². The Hall–Kier alpha value is -2.27. The van der Waals surface area contributed by atoms with Crippen LogP contribution in [-0.4, -0.2) is 12.5 Å². The van der Waals surface area contributed by atoms with E-state index in [1.807, 2.05) is 13.8 Å². The highest BCUT2D eigenvalue weighted by Crippen LogP contribution is 2.26. The first-order valence-corrected chi connectivity index (χ1v) is 7.03. The van der Waals surface area contributed by atoms with Crippen molar-refractivity contribution in [2.24, 2.45) is 0 Å². The highest BCUT2D eigenvalue weighted by Gasteiger charge is 2.08. The smallest absolute Gasteiger partial charge is 0.276 e. The second-order valence-corrected chi connectivity index (χ2v) is 5.27. The lowest BCUT2D eigenvalue weighted by atomic mass is 10.1. The molecule has 0 heterocycles. The van der Waals surface area contributed by atoms with Crippen LogP contribution in [0.1, 0.15) is 11.1 Å². The molecule has 0 spiro atoms. The van der Waals surface area contributed by atoms with Crippen molar-refractivity contribution in [3.63, 3.8) is 0 Å². The van der Waals surface area contributed by atoms with Crippen molar-refractivity contribution in [3.8, 4) is 5.75 Å². The Morgan fingerprint density at radius 2 is 1.77 bits per heavy atom. The monoisotopic (exact) mass is 322 g/mol. The lowest BCUT2D eigenvalue weighted by Crippen LogP contribution is -2.33. The summed E-state index contributed by atoms with van der Waals surface area (Å²) >= 11 is 5.94. The molecule has 0 saturated heterocycles. The van der Waals surface area contributed by atoms with E-state index in [0.717, 1.165) is 11.1 Å². The summed E-state index contributed by atoms with van der Waals surface area (Å²) in [5.74, 6) is -0.0479. The van der Waals surface area contributed by atoms with Crippen LogP contribution in [-0.2, 0) is 4.79 Å². The van der Waals surface area contributed by atoms with Crippen LogP contribution in [0.4, 0.5) is 10.1 Å². The molecule has 0 aliphatic carbocycles. The molecule has 1 amide bonds. The second-order valence-electron chi connectivity index (χ2n) is 4.84. The minimum absolute atomic E-state index is 0.141. The van der Waals surface area contributed by atoms with Crippen molar-refractivity contribution < 1.29 is 13.9 Å². The molecule has 6 heteroatoms. The van der Waals surface area contributed by atoms with Gasteiger partial charge < -0.3 is 4.74 Å². The fraction of sp³-hybridized carbons (Fsp3) is 0.188. The van der Waals surface area contributed by atoms with Crippen molar-refractivity contribution >= 4 is 23.2 Å². The molecular weight excluding hydrogens is 307 g/mol. The molecule has 0 aromatic heterocycles. The lowest BCUT2D eigenvalue weighted by molar-refractivity contribution is -0.122. The number of benzene rings is 2. The topological polar surface area (TPSA) is 50.4 Å². The Morgan fingerprint density at radius 3 is 2.36 bits per heavy atom. The van der Waals surface area contributed by atoms with E-state index in [4.69, 9.17) is 16.3 Å². The van der Waals surface area contributed by atoms with Gasteiger partial charge in [-0.15, -0.1) is 0 Å². The normalized spacial score (nSPS) is 10.2. The minimum Gasteiger partial charge on any atom is -0.483 e. The number of aryl methyl sites for hydroxylation is 2. The molecule has 0 aliphatic heterocycles. The van der Waals surface area contributed by atoms with Gasteiger partial charge in [0.1, 0.15) is 11.6 Å². The van der Waals surface area contributed by atoms with Crippen LogP contribution in [0.15, 0.2) is 36.4 Å². The first-order valence-electron chi connectivity index (χ1n) is 6.65. The van der Waals surface area contributed by atoms with Crippen LogP contribution in [0.3, 0.4) is 0 Å². The van der Waals surface area contributed by atoms with E-state index in [1.165, 1.54) is 24.3 Å². The number of halogens is 2. The Bertz CT molecular complexity index is 651. The summed E-state index contributed by atoms with van der Waals surface area (Å²) < 4.78 is 18.3.